The third-order valence-electron chi connectivity index (χ3n) is 3.66. The summed E-state index contributed by atoms with van der Waals surface area (Å²) < 4.78 is -0.190. The lowest BCUT2D eigenvalue weighted by atomic mass is 9.92. The van der Waals surface area contributed by atoms with Crippen LogP contribution in [0.5, 0.6) is 0 Å². The highest BCUT2D eigenvalue weighted by molar-refractivity contribution is 8.01. The Bertz CT molecular complexity index is 601. The van der Waals surface area contributed by atoms with E-state index in [-0.39, 0.29) is 4.75 Å². The fraction of sp³-hybridized carbons (Fsp3) is 0.312. The summed E-state index contributed by atoms with van der Waals surface area (Å²) >= 11 is 1.83. The van der Waals surface area contributed by atoms with Gasteiger partial charge in [0.1, 0.15) is 4.75 Å². The molecule has 0 aliphatic carbocycles. The summed E-state index contributed by atoms with van der Waals surface area (Å²) in [7, 11) is 0. The van der Waals surface area contributed by atoms with E-state index in [9.17, 15) is 5.26 Å². The molecule has 1 nitrogen and oxygen atoms in total. The number of thioether (sulfide) groups is 1. The zero-order valence-electron chi connectivity index (χ0n) is 10.2. The summed E-state index contributed by atoms with van der Waals surface area (Å²) in [6.07, 6.45) is 3.07. The van der Waals surface area contributed by atoms with E-state index >= 15 is 0 Å². The monoisotopic (exact) mass is 253 g/mol. The predicted molar refractivity (Wildman–Crippen MR) is 77.7 cm³/mol. The molecule has 0 saturated carbocycles. The van der Waals surface area contributed by atoms with Gasteiger partial charge in [-0.1, -0.05) is 42.5 Å². The first kappa shape index (κ1) is 11.6. The molecule has 3 rings (SSSR count). The number of rotatable bonds is 2. The molecule has 2 heteroatoms. The van der Waals surface area contributed by atoms with E-state index in [0.29, 0.717) is 0 Å². The van der Waals surface area contributed by atoms with Gasteiger partial charge in [-0.2, -0.15) is 5.26 Å². The molecule has 1 aliphatic rings. The van der Waals surface area contributed by atoms with Crippen LogP contribution in [0.4, 0.5) is 0 Å². The lowest BCUT2D eigenvalue weighted by Gasteiger charge is -2.20. The van der Waals surface area contributed by atoms with Crippen LogP contribution in [0.2, 0.25) is 0 Å². The Labute approximate surface area is 112 Å². The van der Waals surface area contributed by atoms with Crippen LogP contribution in [-0.2, 0) is 6.42 Å². The number of benzene rings is 2. The maximum absolute atomic E-state index is 9.48. The quantitative estimate of drug-likeness (QED) is 0.802. The summed E-state index contributed by atoms with van der Waals surface area (Å²) in [5.41, 5.74) is 1.31. The van der Waals surface area contributed by atoms with Crippen molar-refractivity contribution in [2.45, 2.75) is 24.0 Å². The van der Waals surface area contributed by atoms with E-state index in [1.165, 1.54) is 22.8 Å². The van der Waals surface area contributed by atoms with Crippen LogP contribution in [-0.4, -0.2) is 10.5 Å². The first-order valence-electron chi connectivity index (χ1n) is 6.35. The zero-order chi connectivity index (χ0) is 12.4. The third-order valence-corrected chi connectivity index (χ3v) is 5.15. The molecule has 0 aromatic heterocycles. The smallest absolute Gasteiger partial charge is 0.106 e. The molecule has 1 aliphatic heterocycles. The summed E-state index contributed by atoms with van der Waals surface area (Å²) in [5, 5.41) is 12.0. The van der Waals surface area contributed by atoms with E-state index in [0.717, 1.165) is 18.6 Å². The van der Waals surface area contributed by atoms with Crippen LogP contribution in [0.1, 0.15) is 18.4 Å². The summed E-state index contributed by atoms with van der Waals surface area (Å²) in [6.45, 7) is 0. The van der Waals surface area contributed by atoms with Gasteiger partial charge in [0.05, 0.1) is 6.07 Å². The number of nitriles is 1. The molecule has 2 aromatic carbocycles. The topological polar surface area (TPSA) is 23.8 Å². The fourth-order valence-corrected chi connectivity index (χ4v) is 4.01. The van der Waals surface area contributed by atoms with E-state index < -0.39 is 0 Å². The SMILES string of the molecule is N#CC1(Cc2cccc3ccccc23)CCCS1. The van der Waals surface area contributed by atoms with Crippen molar-refractivity contribution in [1.29, 1.82) is 5.26 Å². The van der Waals surface area contributed by atoms with Gasteiger partial charge in [0, 0.05) is 6.42 Å². The Balaban J connectivity index is 2.03. The molecule has 0 bridgehead atoms. The average molecular weight is 253 g/mol. The molecule has 1 saturated heterocycles. The van der Waals surface area contributed by atoms with E-state index in [4.69, 9.17) is 0 Å². The molecular formula is C16H15NS. The Morgan fingerprint density at radius 1 is 1.17 bits per heavy atom. The number of fused-ring (bicyclic) bond motifs is 1. The normalized spacial score (nSPS) is 23.1. The second-order valence-electron chi connectivity index (χ2n) is 4.87. The first-order chi connectivity index (χ1) is 8.83. The molecule has 1 unspecified atom stereocenters. The molecular weight excluding hydrogens is 238 g/mol. The molecule has 0 spiro atoms. The Kier molecular flexibility index (Phi) is 3.01. The molecule has 90 valence electrons. The summed E-state index contributed by atoms with van der Waals surface area (Å²) in [4.78, 5) is 0. The van der Waals surface area contributed by atoms with Crippen molar-refractivity contribution in [3.05, 3.63) is 48.0 Å². The van der Waals surface area contributed by atoms with Crippen LogP contribution in [0.25, 0.3) is 10.8 Å². The average Bonchev–Trinajstić information content (AvgIpc) is 2.88. The molecule has 2 aromatic rings. The van der Waals surface area contributed by atoms with Crippen LogP contribution in [0.15, 0.2) is 42.5 Å². The van der Waals surface area contributed by atoms with Gasteiger partial charge >= 0.3 is 0 Å². The molecule has 1 heterocycles. The number of hydrogen-bond acceptors (Lipinski definition) is 2. The third kappa shape index (κ3) is 2.00. The van der Waals surface area contributed by atoms with Crippen molar-refractivity contribution in [1.82, 2.24) is 0 Å². The highest BCUT2D eigenvalue weighted by Gasteiger charge is 2.35. The van der Waals surface area contributed by atoms with Gasteiger partial charge in [-0.05, 0) is 34.9 Å². The van der Waals surface area contributed by atoms with Gasteiger partial charge in [-0.25, -0.2) is 0 Å². The van der Waals surface area contributed by atoms with Crippen molar-refractivity contribution in [2.24, 2.45) is 0 Å². The molecule has 1 atom stereocenters. The van der Waals surface area contributed by atoms with Crippen molar-refractivity contribution in [2.75, 3.05) is 5.75 Å². The van der Waals surface area contributed by atoms with Gasteiger partial charge in [-0.3, -0.25) is 0 Å². The molecule has 1 fully saturated rings. The highest BCUT2D eigenvalue weighted by Crippen LogP contribution is 2.41. The van der Waals surface area contributed by atoms with Gasteiger partial charge < -0.3 is 0 Å². The lowest BCUT2D eigenvalue weighted by molar-refractivity contribution is 0.674. The van der Waals surface area contributed by atoms with Crippen LogP contribution < -0.4 is 0 Å². The van der Waals surface area contributed by atoms with Crippen LogP contribution in [0.3, 0.4) is 0 Å². The molecule has 0 radical (unpaired) electrons. The molecule has 0 amide bonds. The lowest BCUT2D eigenvalue weighted by Crippen LogP contribution is -2.21. The minimum atomic E-state index is -0.190. The second kappa shape index (κ2) is 4.66. The maximum Gasteiger partial charge on any atom is 0.106 e. The molecule has 18 heavy (non-hydrogen) atoms. The van der Waals surface area contributed by atoms with Crippen LogP contribution in [0, 0.1) is 11.3 Å². The van der Waals surface area contributed by atoms with Gasteiger partial charge in [0.25, 0.3) is 0 Å². The Morgan fingerprint density at radius 2 is 2.00 bits per heavy atom. The minimum absolute atomic E-state index is 0.190. The van der Waals surface area contributed by atoms with Crippen molar-refractivity contribution >= 4 is 22.5 Å². The summed E-state index contributed by atoms with van der Waals surface area (Å²) in [5.74, 6) is 1.12. The van der Waals surface area contributed by atoms with Crippen molar-refractivity contribution < 1.29 is 0 Å². The van der Waals surface area contributed by atoms with Gasteiger partial charge in [0.15, 0.2) is 0 Å². The minimum Gasteiger partial charge on any atom is -0.197 e. The van der Waals surface area contributed by atoms with E-state index in [2.05, 4.69) is 48.5 Å². The maximum atomic E-state index is 9.48. The van der Waals surface area contributed by atoms with Crippen molar-refractivity contribution in [3.63, 3.8) is 0 Å². The van der Waals surface area contributed by atoms with E-state index in [1.54, 1.807) is 0 Å². The summed E-state index contributed by atoms with van der Waals surface area (Å²) in [6, 6.07) is 17.4. The van der Waals surface area contributed by atoms with E-state index in [1.807, 2.05) is 11.8 Å². The van der Waals surface area contributed by atoms with Gasteiger partial charge in [0.2, 0.25) is 0 Å². The largest absolute Gasteiger partial charge is 0.197 e. The highest BCUT2D eigenvalue weighted by atomic mass is 32.2. The predicted octanol–water partition coefficient (Wildman–Crippen LogP) is 4.17. The standard InChI is InChI=1S/C16H15NS/c17-12-16(9-4-10-18-16)11-14-7-3-6-13-5-1-2-8-15(13)14/h1-3,5-8H,4,9-11H2. The van der Waals surface area contributed by atoms with Crippen molar-refractivity contribution in [3.8, 4) is 6.07 Å². The fourth-order valence-electron chi connectivity index (χ4n) is 2.72. The Hall–Kier alpha value is -1.46. The van der Waals surface area contributed by atoms with Gasteiger partial charge in [-0.15, -0.1) is 11.8 Å². The van der Waals surface area contributed by atoms with Crippen LogP contribution >= 0.6 is 11.8 Å². The Morgan fingerprint density at radius 3 is 2.78 bits per heavy atom. The second-order valence-corrected chi connectivity index (χ2v) is 6.35. The molecule has 0 N–H and O–H groups in total. The number of nitrogens with zero attached hydrogens (tertiary/aromatic N) is 1. The zero-order valence-corrected chi connectivity index (χ0v) is 11.0. The first-order valence-corrected chi connectivity index (χ1v) is 7.33. The number of hydrogen-bond donors (Lipinski definition) is 0.